The van der Waals surface area contributed by atoms with E-state index in [1.807, 2.05) is 0 Å². The van der Waals surface area contributed by atoms with E-state index in [9.17, 15) is 19.5 Å². The third kappa shape index (κ3) is 10.3. The Morgan fingerprint density at radius 1 is 0.958 bits per heavy atom. The second-order valence-corrected chi connectivity index (χ2v) is 4.94. The van der Waals surface area contributed by atoms with Crippen LogP contribution in [0.25, 0.3) is 0 Å². The van der Waals surface area contributed by atoms with Crippen LogP contribution in [0.5, 0.6) is 0 Å². The molecule has 0 aliphatic rings. The van der Waals surface area contributed by atoms with Crippen molar-refractivity contribution in [2.75, 3.05) is 19.6 Å². The number of aliphatic carboxylic acids is 3. The van der Waals surface area contributed by atoms with Gasteiger partial charge in [0, 0.05) is 19.5 Å². The molecule has 12 nitrogen and oxygen atoms in total. The predicted molar refractivity (Wildman–Crippen MR) is 82.4 cm³/mol. The van der Waals surface area contributed by atoms with Crippen LogP contribution in [0.15, 0.2) is 4.99 Å². The summed E-state index contributed by atoms with van der Waals surface area (Å²) in [6.07, 6.45) is -1.84. The highest BCUT2D eigenvalue weighted by atomic mass is 16.4. The summed E-state index contributed by atoms with van der Waals surface area (Å²) in [5, 5.41) is 41.2. The minimum absolute atomic E-state index is 0.0258. The summed E-state index contributed by atoms with van der Waals surface area (Å²) in [5.41, 5.74) is 10.2. The maximum Gasteiger partial charge on any atom is 0.321 e. The monoisotopic (exact) mass is 349 g/mol. The number of hydrogen-bond acceptors (Lipinski definition) is 7. The van der Waals surface area contributed by atoms with Crippen molar-refractivity contribution in [3.05, 3.63) is 0 Å². The highest BCUT2D eigenvalue weighted by molar-refractivity contribution is 5.80. The maximum absolute atomic E-state index is 11.1. The van der Waals surface area contributed by atoms with Crippen LogP contribution >= 0.6 is 0 Å². The first-order valence-corrected chi connectivity index (χ1v) is 7.01. The topological polar surface area (TPSA) is 221 Å². The molecule has 24 heavy (non-hydrogen) atoms. The normalized spacial score (nSPS) is 14.4. The molecule has 0 aromatic rings. The zero-order valence-electron chi connectivity index (χ0n) is 12.9. The third-order valence-corrected chi connectivity index (χ3v) is 2.87. The summed E-state index contributed by atoms with van der Waals surface area (Å²) >= 11 is 0. The van der Waals surface area contributed by atoms with E-state index in [1.165, 1.54) is 0 Å². The lowest BCUT2D eigenvalue weighted by Crippen LogP contribution is -2.46. The van der Waals surface area contributed by atoms with Crippen molar-refractivity contribution in [1.29, 1.82) is 0 Å². The van der Waals surface area contributed by atoms with Crippen LogP contribution in [0.3, 0.4) is 0 Å². The van der Waals surface area contributed by atoms with Crippen LogP contribution < -0.4 is 22.1 Å². The first kappa shape index (κ1) is 21.6. The van der Waals surface area contributed by atoms with Crippen molar-refractivity contribution >= 4 is 23.9 Å². The van der Waals surface area contributed by atoms with Gasteiger partial charge in [-0.15, -0.1) is 0 Å². The Hall–Kier alpha value is -2.44. The van der Waals surface area contributed by atoms with Crippen molar-refractivity contribution < 1.29 is 34.8 Å². The molecule has 138 valence electrons. The number of aliphatic hydroxyl groups is 1. The predicted octanol–water partition coefficient (Wildman–Crippen LogP) is -3.43. The van der Waals surface area contributed by atoms with Gasteiger partial charge in [-0.3, -0.25) is 19.4 Å². The van der Waals surface area contributed by atoms with E-state index in [1.54, 1.807) is 0 Å². The Bertz CT molecular complexity index is 467. The first-order valence-electron chi connectivity index (χ1n) is 7.01. The number of carbonyl (C=O) groups is 3. The van der Waals surface area contributed by atoms with Crippen LogP contribution in [-0.4, -0.2) is 82.1 Å². The molecule has 10 N–H and O–H groups in total. The molecule has 0 amide bonds. The molecule has 0 unspecified atom stereocenters. The number of nitrogens with two attached hydrogens (primary N) is 2. The van der Waals surface area contributed by atoms with Crippen molar-refractivity contribution in [2.24, 2.45) is 16.5 Å². The zero-order valence-corrected chi connectivity index (χ0v) is 12.9. The number of hydrogen-bond donors (Lipinski definition) is 8. The summed E-state index contributed by atoms with van der Waals surface area (Å²) in [4.78, 5) is 36.0. The van der Waals surface area contributed by atoms with Crippen molar-refractivity contribution in [2.45, 2.75) is 31.0 Å². The smallest absolute Gasteiger partial charge is 0.321 e. The minimum atomic E-state index is -1.32. The standard InChI is InChI=1S/C12H23N5O7/c13-12(14)17-5-6(18)3-7(10(21)22)15-1-2-16-8(11(23)24)4-9(19)20/h6-8,15-16,18H,1-5H2,(H,19,20)(H,21,22)(H,23,24)(H4,13,14,17)/t6-,7+,8-/m1/s1. The van der Waals surface area contributed by atoms with E-state index in [-0.39, 0.29) is 32.0 Å². The lowest BCUT2D eigenvalue weighted by Gasteiger charge is -2.18. The van der Waals surface area contributed by atoms with Gasteiger partial charge in [0.2, 0.25) is 0 Å². The molecule has 0 rings (SSSR count). The number of aliphatic imine (C=N–C) groups is 1. The van der Waals surface area contributed by atoms with E-state index < -0.39 is 42.5 Å². The van der Waals surface area contributed by atoms with E-state index in [0.717, 1.165) is 0 Å². The molecule has 0 aliphatic heterocycles. The number of carboxylic acid groups (broad SMARTS) is 3. The van der Waals surface area contributed by atoms with Crippen molar-refractivity contribution in [1.82, 2.24) is 10.6 Å². The van der Waals surface area contributed by atoms with E-state index in [0.29, 0.717) is 0 Å². The van der Waals surface area contributed by atoms with Gasteiger partial charge in [0.15, 0.2) is 5.96 Å². The molecule has 0 fully saturated rings. The fraction of sp³-hybridized carbons (Fsp3) is 0.667. The van der Waals surface area contributed by atoms with E-state index in [4.69, 9.17) is 26.8 Å². The maximum atomic E-state index is 11.1. The first-order chi connectivity index (χ1) is 11.1. The lowest BCUT2D eigenvalue weighted by molar-refractivity contribution is -0.145. The van der Waals surface area contributed by atoms with Gasteiger partial charge in [-0.25, -0.2) is 0 Å². The van der Waals surface area contributed by atoms with Gasteiger partial charge >= 0.3 is 17.9 Å². The van der Waals surface area contributed by atoms with E-state index in [2.05, 4.69) is 15.6 Å². The molecule has 0 heterocycles. The van der Waals surface area contributed by atoms with Gasteiger partial charge in [0.25, 0.3) is 0 Å². The fourth-order valence-electron chi connectivity index (χ4n) is 1.74. The van der Waals surface area contributed by atoms with Crippen LogP contribution in [0.4, 0.5) is 0 Å². The Balaban J connectivity index is 4.30. The number of guanidine groups is 1. The molecule has 12 heteroatoms. The molecule has 3 atom stereocenters. The van der Waals surface area contributed by atoms with Crippen molar-refractivity contribution in [3.8, 4) is 0 Å². The molecule has 0 aliphatic carbocycles. The highest BCUT2D eigenvalue weighted by Gasteiger charge is 2.22. The summed E-state index contributed by atoms with van der Waals surface area (Å²) in [5.74, 6) is -4.02. The second kappa shape index (κ2) is 11.2. The summed E-state index contributed by atoms with van der Waals surface area (Å²) < 4.78 is 0. The van der Waals surface area contributed by atoms with Gasteiger partial charge in [-0.05, 0) is 0 Å². The van der Waals surface area contributed by atoms with Crippen LogP contribution in [0.2, 0.25) is 0 Å². The zero-order chi connectivity index (χ0) is 18.7. The number of nitrogens with zero attached hydrogens (tertiary/aromatic N) is 1. The fourth-order valence-corrected chi connectivity index (χ4v) is 1.74. The molecule has 0 aromatic heterocycles. The highest BCUT2D eigenvalue weighted by Crippen LogP contribution is 2.00. The van der Waals surface area contributed by atoms with Crippen LogP contribution in [0, 0.1) is 0 Å². The Morgan fingerprint density at radius 3 is 1.88 bits per heavy atom. The number of carboxylic acids is 3. The Labute approximate surface area is 137 Å². The Morgan fingerprint density at radius 2 is 1.46 bits per heavy atom. The van der Waals surface area contributed by atoms with Gasteiger partial charge in [-0.1, -0.05) is 0 Å². The average Bonchev–Trinajstić information content (AvgIpc) is 2.45. The minimum Gasteiger partial charge on any atom is -0.481 e. The molecule has 0 spiro atoms. The van der Waals surface area contributed by atoms with Gasteiger partial charge in [-0.2, -0.15) is 0 Å². The molecule has 0 aromatic carbocycles. The lowest BCUT2D eigenvalue weighted by atomic mass is 10.1. The summed E-state index contributed by atoms with van der Waals surface area (Å²) in [6, 6.07) is -2.38. The molecule has 0 saturated heterocycles. The van der Waals surface area contributed by atoms with Crippen LogP contribution in [0.1, 0.15) is 12.8 Å². The van der Waals surface area contributed by atoms with Gasteiger partial charge in [0.1, 0.15) is 12.1 Å². The van der Waals surface area contributed by atoms with Crippen LogP contribution in [-0.2, 0) is 14.4 Å². The van der Waals surface area contributed by atoms with Gasteiger partial charge < -0.3 is 42.5 Å². The molecule has 0 bridgehead atoms. The Kier molecular flexibility index (Phi) is 10.0. The average molecular weight is 349 g/mol. The molecular weight excluding hydrogens is 326 g/mol. The quantitative estimate of drug-likeness (QED) is 0.0928. The summed E-state index contributed by atoms with van der Waals surface area (Å²) in [7, 11) is 0. The third-order valence-electron chi connectivity index (χ3n) is 2.87. The number of nitrogens with one attached hydrogen (secondary N) is 2. The molecule has 0 saturated carbocycles. The summed E-state index contributed by atoms with van der Waals surface area (Å²) in [6.45, 7) is -0.0703. The van der Waals surface area contributed by atoms with Gasteiger partial charge in [0.05, 0.1) is 19.1 Å². The molecule has 0 radical (unpaired) electrons. The largest absolute Gasteiger partial charge is 0.481 e. The SMILES string of the molecule is NC(N)=NC[C@H](O)C[C@H](NCCN[C@H](CC(=O)O)C(=O)O)C(=O)O. The number of rotatable bonds is 13. The van der Waals surface area contributed by atoms with E-state index >= 15 is 0 Å². The van der Waals surface area contributed by atoms with Crippen molar-refractivity contribution in [3.63, 3.8) is 0 Å². The number of aliphatic hydroxyl groups excluding tert-OH is 1. The molecular formula is C12H23N5O7. The second-order valence-electron chi connectivity index (χ2n) is 4.94.